The van der Waals surface area contributed by atoms with E-state index < -0.39 is 0 Å². The Kier molecular flexibility index (Phi) is 3.99. The minimum atomic E-state index is -0.334. The summed E-state index contributed by atoms with van der Waals surface area (Å²) in [5.41, 5.74) is 9.87. The minimum Gasteiger partial charge on any atom is -0.304 e. The molecule has 0 fully saturated rings. The Morgan fingerprint density at radius 2 is 1.21 bits per heavy atom. The Bertz CT molecular complexity index is 1160. The maximum atomic E-state index is 4.80. The average molecular weight is 554 g/mol. The molecule has 4 aromatic rings. The second-order valence-electron chi connectivity index (χ2n) is 8.32. The van der Waals surface area contributed by atoms with Crippen LogP contribution < -0.4 is 0 Å². The van der Waals surface area contributed by atoms with E-state index in [9.17, 15) is 0 Å². The number of rotatable bonds is 0. The van der Waals surface area contributed by atoms with E-state index in [1.165, 1.54) is 33.4 Å². The van der Waals surface area contributed by atoms with Crippen molar-refractivity contribution in [1.29, 1.82) is 0 Å². The summed E-state index contributed by atoms with van der Waals surface area (Å²) in [6.07, 6.45) is 1.90. The minimum absolute atomic E-state index is 0. The molecule has 0 atom stereocenters. The van der Waals surface area contributed by atoms with Crippen LogP contribution in [0.15, 0.2) is 85.1 Å². The van der Waals surface area contributed by atoms with Crippen molar-refractivity contribution in [3.05, 3.63) is 125 Å². The first kappa shape index (κ1) is 18.5. The fraction of sp³-hybridized carbons (Fsp3) is 0.148. The summed E-state index contributed by atoms with van der Waals surface area (Å²) < 4.78 is 0. The standard InChI is InChI=1S/C27H20N.Pt/c1-26(2)20-12-5-7-14-22(20)27(23-15-8-6-13-21(23)26)19-11-4-3-10-18(19)25-24(27)16-9-17-28-25;/h3-9,11-17H,1-2H3;/q-1;. The van der Waals surface area contributed by atoms with Gasteiger partial charge in [-0.25, -0.2) is 0 Å². The first-order valence-electron chi connectivity index (χ1n) is 9.84. The molecular formula is C27H20NPt-. The van der Waals surface area contributed by atoms with Crippen LogP contribution in [-0.2, 0) is 31.9 Å². The van der Waals surface area contributed by atoms with Crippen molar-refractivity contribution in [3.8, 4) is 11.3 Å². The van der Waals surface area contributed by atoms with Crippen molar-refractivity contribution in [1.82, 2.24) is 4.98 Å². The summed E-state index contributed by atoms with van der Waals surface area (Å²) in [7, 11) is 0. The molecule has 3 aromatic carbocycles. The van der Waals surface area contributed by atoms with Gasteiger partial charge in [-0.1, -0.05) is 74.0 Å². The van der Waals surface area contributed by atoms with E-state index in [4.69, 9.17) is 4.98 Å². The molecule has 1 nitrogen and oxygen atoms in total. The Balaban J connectivity index is 0.00000181. The molecular weight excluding hydrogens is 533 g/mol. The summed E-state index contributed by atoms with van der Waals surface area (Å²) in [6.45, 7) is 4.68. The smallest absolute Gasteiger partial charge is 0.0307 e. The average Bonchev–Trinajstić information content (AvgIpc) is 3.04. The van der Waals surface area contributed by atoms with E-state index in [1.807, 2.05) is 12.3 Å². The van der Waals surface area contributed by atoms with E-state index in [2.05, 4.69) is 92.7 Å². The van der Waals surface area contributed by atoms with Crippen LogP contribution in [-0.4, -0.2) is 4.98 Å². The molecule has 0 unspecified atom stereocenters. The SMILES string of the molecule is CC1(C)c2ccccc2C2(c3ccc[c-]c3-c3ncccc32)c2ccccc21.[Pt]. The normalized spacial score (nSPS) is 16.2. The number of hydrogen-bond acceptors (Lipinski definition) is 1. The van der Waals surface area contributed by atoms with Crippen LogP contribution in [0.3, 0.4) is 0 Å². The van der Waals surface area contributed by atoms with Gasteiger partial charge in [0, 0.05) is 38.1 Å². The molecule has 2 aliphatic rings. The predicted octanol–water partition coefficient (Wildman–Crippen LogP) is 5.88. The molecule has 144 valence electrons. The second-order valence-corrected chi connectivity index (χ2v) is 8.32. The van der Waals surface area contributed by atoms with Gasteiger partial charge in [-0.2, -0.15) is 0 Å². The third-order valence-corrected chi connectivity index (χ3v) is 6.72. The molecule has 0 bridgehead atoms. The maximum Gasteiger partial charge on any atom is 0.0307 e. The van der Waals surface area contributed by atoms with Gasteiger partial charge in [-0.15, -0.1) is 35.4 Å². The summed E-state index contributed by atoms with van der Waals surface area (Å²) in [5.74, 6) is 0. The Morgan fingerprint density at radius 3 is 1.86 bits per heavy atom. The second kappa shape index (κ2) is 6.25. The zero-order valence-electron chi connectivity index (χ0n) is 16.3. The number of nitrogens with zero attached hydrogens (tertiary/aromatic N) is 1. The summed E-state index contributed by atoms with van der Waals surface area (Å²) in [6, 6.07) is 32.1. The van der Waals surface area contributed by atoms with Crippen LogP contribution >= 0.6 is 0 Å². The maximum absolute atomic E-state index is 4.80. The topological polar surface area (TPSA) is 12.9 Å². The van der Waals surface area contributed by atoms with Crippen LogP contribution in [0.1, 0.15) is 47.2 Å². The first-order valence-corrected chi connectivity index (χ1v) is 9.84. The Morgan fingerprint density at radius 1 is 0.655 bits per heavy atom. The number of fused-ring (bicyclic) bond motifs is 9. The predicted molar refractivity (Wildman–Crippen MR) is 113 cm³/mol. The molecule has 2 aliphatic carbocycles. The van der Waals surface area contributed by atoms with Gasteiger partial charge in [0.25, 0.3) is 0 Å². The monoisotopic (exact) mass is 553 g/mol. The zero-order valence-corrected chi connectivity index (χ0v) is 18.6. The van der Waals surface area contributed by atoms with Crippen molar-refractivity contribution in [2.45, 2.75) is 24.7 Å². The zero-order chi connectivity index (χ0) is 18.9. The molecule has 0 saturated carbocycles. The first-order chi connectivity index (χ1) is 13.7. The van der Waals surface area contributed by atoms with E-state index in [-0.39, 0.29) is 31.9 Å². The van der Waals surface area contributed by atoms with Crippen molar-refractivity contribution < 1.29 is 21.1 Å². The number of pyridine rings is 1. The van der Waals surface area contributed by atoms with E-state index in [0.29, 0.717) is 0 Å². The fourth-order valence-corrected chi connectivity index (χ4v) is 5.58. The van der Waals surface area contributed by atoms with Crippen molar-refractivity contribution in [3.63, 3.8) is 0 Å². The van der Waals surface area contributed by atoms with Gasteiger partial charge in [-0.05, 0) is 34.0 Å². The number of hydrogen-bond donors (Lipinski definition) is 0. The van der Waals surface area contributed by atoms with Crippen molar-refractivity contribution >= 4 is 0 Å². The van der Waals surface area contributed by atoms with Crippen LogP contribution in [0.25, 0.3) is 11.3 Å². The molecule has 6 rings (SSSR count). The van der Waals surface area contributed by atoms with Crippen LogP contribution in [0.4, 0.5) is 0 Å². The van der Waals surface area contributed by atoms with Crippen LogP contribution in [0.5, 0.6) is 0 Å². The summed E-state index contributed by atoms with van der Waals surface area (Å²) in [5, 5.41) is 0. The van der Waals surface area contributed by atoms with Crippen LogP contribution in [0.2, 0.25) is 0 Å². The summed E-state index contributed by atoms with van der Waals surface area (Å²) in [4.78, 5) is 4.80. The Hall–Kier alpha value is -2.50. The van der Waals surface area contributed by atoms with Gasteiger partial charge < -0.3 is 4.98 Å². The number of benzene rings is 3. The third-order valence-electron chi connectivity index (χ3n) is 6.72. The Labute approximate surface area is 186 Å². The largest absolute Gasteiger partial charge is 0.304 e. The molecule has 0 saturated heterocycles. The molecule has 0 N–H and O–H groups in total. The quantitative estimate of drug-likeness (QED) is 0.218. The van der Waals surface area contributed by atoms with E-state index in [1.54, 1.807) is 0 Å². The molecule has 2 heteroatoms. The van der Waals surface area contributed by atoms with Gasteiger partial charge in [0.15, 0.2) is 0 Å². The molecule has 1 heterocycles. The van der Waals surface area contributed by atoms with Gasteiger partial charge >= 0.3 is 0 Å². The van der Waals surface area contributed by atoms with Crippen molar-refractivity contribution in [2.24, 2.45) is 0 Å². The van der Waals surface area contributed by atoms with E-state index >= 15 is 0 Å². The molecule has 0 amide bonds. The molecule has 29 heavy (non-hydrogen) atoms. The summed E-state index contributed by atoms with van der Waals surface area (Å²) >= 11 is 0. The third kappa shape index (κ3) is 2.12. The fourth-order valence-electron chi connectivity index (χ4n) is 5.58. The van der Waals surface area contributed by atoms with Crippen molar-refractivity contribution in [2.75, 3.05) is 0 Å². The van der Waals surface area contributed by atoms with Crippen LogP contribution in [0, 0.1) is 6.07 Å². The molecule has 1 spiro atoms. The molecule has 0 radical (unpaired) electrons. The van der Waals surface area contributed by atoms with Gasteiger partial charge in [0.2, 0.25) is 0 Å². The van der Waals surface area contributed by atoms with Gasteiger partial charge in [0.1, 0.15) is 0 Å². The number of aromatic nitrogens is 1. The molecule has 0 aliphatic heterocycles. The van der Waals surface area contributed by atoms with Gasteiger partial charge in [0.05, 0.1) is 0 Å². The van der Waals surface area contributed by atoms with Gasteiger partial charge in [-0.3, -0.25) is 0 Å². The van der Waals surface area contributed by atoms with E-state index in [0.717, 1.165) is 11.3 Å². The molecule has 1 aromatic heterocycles.